The van der Waals surface area contributed by atoms with Crippen molar-refractivity contribution < 1.29 is 18.3 Å². The maximum atomic E-state index is 12.3. The van der Waals surface area contributed by atoms with Crippen LogP contribution in [-0.4, -0.2) is 56.7 Å². The molecule has 1 fully saturated rings. The highest BCUT2D eigenvalue weighted by Crippen LogP contribution is 2.20. The number of amides is 1. The molecule has 2 N–H and O–H groups in total. The van der Waals surface area contributed by atoms with Crippen molar-refractivity contribution in [3.63, 3.8) is 0 Å². The summed E-state index contributed by atoms with van der Waals surface area (Å²) in [6, 6.07) is 6.36. The Labute approximate surface area is 128 Å². The number of rotatable bonds is 7. The molecule has 0 spiro atoms. The van der Waals surface area contributed by atoms with Crippen LogP contribution in [0.5, 0.6) is 5.75 Å². The molecule has 22 heavy (non-hydrogen) atoms. The van der Waals surface area contributed by atoms with Crippen LogP contribution in [0.15, 0.2) is 24.3 Å². The highest BCUT2D eigenvalue weighted by atomic mass is 19.3. The lowest BCUT2D eigenvalue weighted by molar-refractivity contribution is -0.120. The predicted molar refractivity (Wildman–Crippen MR) is 79.1 cm³/mol. The molecular formula is C15H21F2N3O2. The minimum atomic E-state index is -2.89. The Morgan fingerprint density at radius 2 is 2.05 bits per heavy atom. The lowest BCUT2D eigenvalue weighted by Crippen LogP contribution is -2.46. The molecule has 1 amide bonds. The predicted octanol–water partition coefficient (Wildman–Crippen LogP) is 0.852. The third-order valence-corrected chi connectivity index (χ3v) is 3.50. The molecular weight excluding hydrogens is 292 g/mol. The zero-order valence-electron chi connectivity index (χ0n) is 12.4. The zero-order chi connectivity index (χ0) is 15.8. The second-order valence-electron chi connectivity index (χ2n) is 5.10. The van der Waals surface area contributed by atoms with Crippen molar-refractivity contribution in [2.45, 2.75) is 13.0 Å². The minimum absolute atomic E-state index is 0.0322. The standard InChI is InChI=1S/C15H21F2N3O2/c16-15(17)22-13-4-2-1-3-12(13)11-14(21)19-7-10-20-8-5-18-6-9-20/h1-4,15,18H,5-11H2,(H,19,21). The highest BCUT2D eigenvalue weighted by molar-refractivity contribution is 5.79. The first kappa shape index (κ1) is 16.6. The van der Waals surface area contributed by atoms with Crippen LogP contribution >= 0.6 is 0 Å². The van der Waals surface area contributed by atoms with Gasteiger partial charge in [-0.2, -0.15) is 8.78 Å². The van der Waals surface area contributed by atoms with Gasteiger partial charge in [0.05, 0.1) is 6.42 Å². The van der Waals surface area contributed by atoms with Gasteiger partial charge in [0.2, 0.25) is 5.91 Å². The van der Waals surface area contributed by atoms with Gasteiger partial charge in [-0.3, -0.25) is 9.69 Å². The van der Waals surface area contributed by atoms with Crippen LogP contribution in [0.1, 0.15) is 5.56 Å². The second kappa shape index (κ2) is 8.65. The molecule has 0 unspecified atom stereocenters. The Kier molecular flexibility index (Phi) is 6.54. The number of carbonyl (C=O) groups excluding carboxylic acids is 1. The van der Waals surface area contributed by atoms with E-state index in [1.165, 1.54) is 6.07 Å². The highest BCUT2D eigenvalue weighted by Gasteiger charge is 2.13. The average molecular weight is 313 g/mol. The first-order valence-corrected chi connectivity index (χ1v) is 7.37. The van der Waals surface area contributed by atoms with Crippen molar-refractivity contribution in [1.82, 2.24) is 15.5 Å². The summed E-state index contributed by atoms with van der Waals surface area (Å²) in [6.07, 6.45) is 0.0322. The number of nitrogens with zero attached hydrogens (tertiary/aromatic N) is 1. The molecule has 1 heterocycles. The molecule has 1 aromatic carbocycles. The molecule has 0 aromatic heterocycles. The number of hydrogen-bond donors (Lipinski definition) is 2. The third kappa shape index (κ3) is 5.57. The van der Waals surface area contributed by atoms with Crippen molar-refractivity contribution in [3.05, 3.63) is 29.8 Å². The van der Waals surface area contributed by atoms with Crippen molar-refractivity contribution in [2.75, 3.05) is 39.3 Å². The summed E-state index contributed by atoms with van der Waals surface area (Å²) < 4.78 is 29.0. The molecule has 0 atom stereocenters. The molecule has 0 saturated carbocycles. The molecule has 1 aromatic rings. The number of ether oxygens (including phenoxy) is 1. The summed E-state index contributed by atoms with van der Waals surface area (Å²) in [5.74, 6) is -0.143. The Hall–Kier alpha value is -1.73. The van der Waals surface area contributed by atoms with E-state index >= 15 is 0 Å². The van der Waals surface area contributed by atoms with Crippen LogP contribution in [0.4, 0.5) is 8.78 Å². The molecule has 2 rings (SSSR count). The second-order valence-corrected chi connectivity index (χ2v) is 5.10. The number of halogens is 2. The lowest BCUT2D eigenvalue weighted by Gasteiger charge is -2.27. The van der Waals surface area contributed by atoms with Crippen LogP contribution in [-0.2, 0) is 11.2 Å². The van der Waals surface area contributed by atoms with E-state index in [1.54, 1.807) is 18.2 Å². The molecule has 0 aliphatic carbocycles. The van der Waals surface area contributed by atoms with E-state index in [1.807, 2.05) is 0 Å². The van der Waals surface area contributed by atoms with Gasteiger partial charge in [0.15, 0.2) is 0 Å². The van der Waals surface area contributed by atoms with Crippen molar-refractivity contribution in [3.8, 4) is 5.75 Å². The molecule has 122 valence electrons. The molecule has 5 nitrogen and oxygen atoms in total. The third-order valence-electron chi connectivity index (χ3n) is 3.50. The summed E-state index contributed by atoms with van der Waals surface area (Å²) in [4.78, 5) is 14.2. The molecule has 7 heteroatoms. The average Bonchev–Trinajstić information content (AvgIpc) is 2.50. The Balaban J connectivity index is 1.76. The minimum Gasteiger partial charge on any atom is -0.435 e. The quantitative estimate of drug-likeness (QED) is 0.784. The van der Waals surface area contributed by atoms with Crippen molar-refractivity contribution in [2.24, 2.45) is 0 Å². The van der Waals surface area contributed by atoms with Crippen LogP contribution < -0.4 is 15.4 Å². The molecule has 1 aliphatic heterocycles. The van der Waals surface area contributed by atoms with E-state index in [9.17, 15) is 13.6 Å². The van der Waals surface area contributed by atoms with E-state index in [0.717, 1.165) is 32.7 Å². The van der Waals surface area contributed by atoms with Gasteiger partial charge in [-0.05, 0) is 6.07 Å². The maximum absolute atomic E-state index is 12.3. The molecule has 0 bridgehead atoms. The number of para-hydroxylation sites is 1. The Morgan fingerprint density at radius 3 is 2.77 bits per heavy atom. The first-order valence-electron chi connectivity index (χ1n) is 7.37. The number of nitrogens with one attached hydrogen (secondary N) is 2. The van der Waals surface area contributed by atoms with Gasteiger partial charge >= 0.3 is 6.61 Å². The van der Waals surface area contributed by atoms with E-state index < -0.39 is 6.61 Å². The summed E-state index contributed by atoms with van der Waals surface area (Å²) in [6.45, 7) is 2.33. The van der Waals surface area contributed by atoms with E-state index in [2.05, 4.69) is 20.3 Å². The van der Waals surface area contributed by atoms with Gasteiger partial charge < -0.3 is 15.4 Å². The molecule has 0 radical (unpaired) electrons. The maximum Gasteiger partial charge on any atom is 0.387 e. The molecule has 1 saturated heterocycles. The van der Waals surface area contributed by atoms with E-state index in [0.29, 0.717) is 12.1 Å². The van der Waals surface area contributed by atoms with Crippen molar-refractivity contribution >= 4 is 5.91 Å². The Morgan fingerprint density at radius 1 is 1.32 bits per heavy atom. The zero-order valence-corrected chi connectivity index (χ0v) is 12.4. The SMILES string of the molecule is O=C(Cc1ccccc1OC(F)F)NCCN1CCNCC1. The van der Waals surface area contributed by atoms with E-state index in [4.69, 9.17) is 0 Å². The van der Waals surface area contributed by atoms with Gasteiger partial charge in [-0.15, -0.1) is 0 Å². The smallest absolute Gasteiger partial charge is 0.387 e. The van der Waals surface area contributed by atoms with Crippen LogP contribution in [0.2, 0.25) is 0 Å². The summed E-state index contributed by atoms with van der Waals surface area (Å²) in [5.41, 5.74) is 0.461. The van der Waals surface area contributed by atoms with Gasteiger partial charge in [0.25, 0.3) is 0 Å². The summed E-state index contributed by atoms with van der Waals surface area (Å²) in [5, 5.41) is 6.08. The van der Waals surface area contributed by atoms with Crippen LogP contribution in [0.3, 0.4) is 0 Å². The topological polar surface area (TPSA) is 53.6 Å². The van der Waals surface area contributed by atoms with Gasteiger partial charge in [0.1, 0.15) is 5.75 Å². The number of carbonyl (C=O) groups is 1. The Bertz CT molecular complexity index is 480. The number of alkyl halides is 2. The van der Waals surface area contributed by atoms with Crippen LogP contribution in [0.25, 0.3) is 0 Å². The summed E-state index contributed by atoms with van der Waals surface area (Å²) in [7, 11) is 0. The number of hydrogen-bond acceptors (Lipinski definition) is 4. The normalized spacial score (nSPS) is 15.8. The monoisotopic (exact) mass is 313 g/mol. The lowest BCUT2D eigenvalue weighted by atomic mass is 10.1. The fraction of sp³-hybridized carbons (Fsp3) is 0.533. The largest absolute Gasteiger partial charge is 0.435 e. The van der Waals surface area contributed by atoms with Gasteiger partial charge in [0, 0.05) is 44.8 Å². The van der Waals surface area contributed by atoms with Gasteiger partial charge in [-0.25, -0.2) is 0 Å². The fourth-order valence-corrected chi connectivity index (χ4v) is 2.38. The van der Waals surface area contributed by atoms with Crippen LogP contribution in [0, 0.1) is 0 Å². The number of piperazine rings is 1. The number of benzene rings is 1. The fourth-order valence-electron chi connectivity index (χ4n) is 2.38. The van der Waals surface area contributed by atoms with E-state index in [-0.39, 0.29) is 18.1 Å². The molecule has 1 aliphatic rings. The first-order chi connectivity index (χ1) is 10.6. The summed E-state index contributed by atoms with van der Waals surface area (Å²) >= 11 is 0. The van der Waals surface area contributed by atoms with Crippen molar-refractivity contribution in [1.29, 1.82) is 0 Å². The van der Waals surface area contributed by atoms with Gasteiger partial charge in [-0.1, -0.05) is 18.2 Å².